The van der Waals surface area contributed by atoms with Crippen molar-refractivity contribution in [2.75, 3.05) is 38.2 Å². The van der Waals surface area contributed by atoms with Crippen LogP contribution in [0, 0.1) is 0 Å². The van der Waals surface area contributed by atoms with Gasteiger partial charge in [-0.05, 0) is 24.3 Å². The van der Waals surface area contributed by atoms with E-state index in [1.807, 2.05) is 24.3 Å². The molecule has 2 aromatic rings. The zero-order valence-electron chi connectivity index (χ0n) is 14.0. The first-order valence-electron chi connectivity index (χ1n) is 7.86. The van der Waals surface area contributed by atoms with E-state index < -0.39 is 10.0 Å². The van der Waals surface area contributed by atoms with Crippen molar-refractivity contribution in [2.45, 2.75) is 4.90 Å². The van der Waals surface area contributed by atoms with Gasteiger partial charge in [-0.2, -0.15) is 4.31 Å². The molecule has 1 saturated heterocycles. The summed E-state index contributed by atoms with van der Waals surface area (Å²) in [4.78, 5) is 2.08. The number of nitrogens with zero attached hydrogens (tertiary/aromatic N) is 2. The van der Waals surface area contributed by atoms with E-state index in [1.54, 1.807) is 7.11 Å². The minimum atomic E-state index is -3.76. The Morgan fingerprint density at radius 3 is 2.23 bits per heavy atom. The van der Waals surface area contributed by atoms with Crippen LogP contribution < -0.4 is 9.64 Å². The standard InChI is InChI=1S/C17H17BrCl2N2O3S/c1-25-14-4-2-3-13(11-14)21-5-7-22(8-6-21)26(23,24)17-15(19)9-12(18)10-16(17)20/h2-4,9-11H,5-8H2,1H3. The van der Waals surface area contributed by atoms with Crippen molar-refractivity contribution < 1.29 is 13.2 Å². The second-order valence-electron chi connectivity index (χ2n) is 5.79. The molecular formula is C17H17BrCl2N2O3S. The van der Waals surface area contributed by atoms with Crippen LogP contribution in [-0.2, 0) is 10.0 Å². The van der Waals surface area contributed by atoms with Crippen LogP contribution in [0.1, 0.15) is 0 Å². The van der Waals surface area contributed by atoms with Crippen LogP contribution in [0.15, 0.2) is 45.8 Å². The molecule has 26 heavy (non-hydrogen) atoms. The Hall–Kier alpha value is -0.990. The van der Waals surface area contributed by atoms with E-state index in [-0.39, 0.29) is 14.9 Å². The van der Waals surface area contributed by atoms with Gasteiger partial charge in [0.25, 0.3) is 0 Å². The van der Waals surface area contributed by atoms with Crippen molar-refractivity contribution in [2.24, 2.45) is 0 Å². The predicted octanol–water partition coefficient (Wildman–Crippen LogP) is 4.28. The third-order valence-corrected chi connectivity index (χ3v) is 7.50. The number of hydrogen-bond acceptors (Lipinski definition) is 4. The first-order chi connectivity index (χ1) is 12.3. The normalized spacial score (nSPS) is 15.9. The minimum Gasteiger partial charge on any atom is -0.497 e. The fourth-order valence-corrected chi connectivity index (χ4v) is 6.20. The van der Waals surface area contributed by atoms with Crippen LogP contribution in [-0.4, -0.2) is 46.0 Å². The van der Waals surface area contributed by atoms with Gasteiger partial charge in [0.2, 0.25) is 10.0 Å². The molecule has 3 rings (SSSR count). The third kappa shape index (κ3) is 3.97. The Balaban J connectivity index is 1.79. The Morgan fingerprint density at radius 2 is 1.65 bits per heavy atom. The summed E-state index contributed by atoms with van der Waals surface area (Å²) in [5.41, 5.74) is 1.00. The van der Waals surface area contributed by atoms with Gasteiger partial charge in [0.05, 0.1) is 17.2 Å². The summed E-state index contributed by atoms with van der Waals surface area (Å²) in [5, 5.41) is 0.221. The van der Waals surface area contributed by atoms with Crippen molar-refractivity contribution in [3.05, 3.63) is 50.9 Å². The zero-order chi connectivity index (χ0) is 18.9. The van der Waals surface area contributed by atoms with Gasteiger partial charge in [0, 0.05) is 42.4 Å². The lowest BCUT2D eigenvalue weighted by Gasteiger charge is -2.35. The Kier molecular flexibility index (Phi) is 6.04. The van der Waals surface area contributed by atoms with Gasteiger partial charge in [-0.25, -0.2) is 8.42 Å². The van der Waals surface area contributed by atoms with E-state index >= 15 is 0 Å². The SMILES string of the molecule is COc1cccc(N2CCN(S(=O)(=O)c3c(Cl)cc(Br)cc3Cl)CC2)c1. The number of rotatable bonds is 4. The highest BCUT2D eigenvalue weighted by Crippen LogP contribution is 2.35. The van der Waals surface area contributed by atoms with Crippen LogP contribution in [0.25, 0.3) is 0 Å². The van der Waals surface area contributed by atoms with Crippen molar-refractivity contribution in [1.29, 1.82) is 0 Å². The second-order valence-corrected chi connectivity index (χ2v) is 9.40. The van der Waals surface area contributed by atoms with Crippen LogP contribution in [0.2, 0.25) is 10.0 Å². The zero-order valence-corrected chi connectivity index (χ0v) is 17.9. The molecule has 1 fully saturated rings. The third-order valence-electron chi connectivity index (χ3n) is 4.22. The molecule has 0 atom stereocenters. The number of hydrogen-bond donors (Lipinski definition) is 0. The molecule has 0 N–H and O–H groups in total. The van der Waals surface area contributed by atoms with Crippen molar-refractivity contribution in [1.82, 2.24) is 4.31 Å². The maximum absolute atomic E-state index is 13.0. The van der Waals surface area contributed by atoms with Crippen LogP contribution >= 0.6 is 39.1 Å². The smallest absolute Gasteiger partial charge is 0.246 e. The molecule has 9 heteroatoms. The topological polar surface area (TPSA) is 49.9 Å². The quantitative estimate of drug-likeness (QED) is 0.656. The Morgan fingerprint density at radius 1 is 1.04 bits per heavy atom. The molecule has 2 aromatic carbocycles. The molecule has 140 valence electrons. The highest BCUT2D eigenvalue weighted by molar-refractivity contribution is 9.10. The molecule has 0 radical (unpaired) electrons. The van der Waals surface area contributed by atoms with Crippen LogP contribution in [0.5, 0.6) is 5.75 Å². The maximum Gasteiger partial charge on any atom is 0.246 e. The lowest BCUT2D eigenvalue weighted by molar-refractivity contribution is 0.384. The molecule has 0 aromatic heterocycles. The molecule has 0 amide bonds. The molecule has 1 heterocycles. The molecule has 0 aliphatic carbocycles. The first kappa shape index (κ1) is 19.8. The molecule has 0 bridgehead atoms. The van der Waals surface area contributed by atoms with E-state index in [4.69, 9.17) is 27.9 Å². The maximum atomic E-state index is 13.0. The summed E-state index contributed by atoms with van der Waals surface area (Å²) >= 11 is 15.6. The van der Waals surface area contributed by atoms with Gasteiger partial charge in [0.1, 0.15) is 10.6 Å². The number of anilines is 1. The highest BCUT2D eigenvalue weighted by Gasteiger charge is 2.32. The number of sulfonamides is 1. The predicted molar refractivity (Wildman–Crippen MR) is 108 cm³/mol. The number of benzene rings is 2. The number of halogens is 3. The van der Waals surface area contributed by atoms with E-state index in [1.165, 1.54) is 16.4 Å². The monoisotopic (exact) mass is 478 g/mol. The van der Waals surface area contributed by atoms with Crippen LogP contribution in [0.4, 0.5) is 5.69 Å². The Bertz CT molecular complexity index is 893. The average Bonchev–Trinajstić information content (AvgIpc) is 2.60. The highest BCUT2D eigenvalue weighted by atomic mass is 79.9. The molecule has 0 spiro atoms. The molecule has 5 nitrogen and oxygen atoms in total. The van der Waals surface area contributed by atoms with E-state index in [0.29, 0.717) is 30.7 Å². The van der Waals surface area contributed by atoms with Gasteiger partial charge >= 0.3 is 0 Å². The number of methoxy groups -OCH3 is 1. The number of piperazine rings is 1. The summed E-state index contributed by atoms with van der Waals surface area (Å²) in [5.74, 6) is 0.769. The molecular weight excluding hydrogens is 463 g/mol. The lowest BCUT2D eigenvalue weighted by Crippen LogP contribution is -2.48. The van der Waals surface area contributed by atoms with Crippen molar-refractivity contribution in [3.63, 3.8) is 0 Å². The van der Waals surface area contributed by atoms with E-state index in [2.05, 4.69) is 20.8 Å². The van der Waals surface area contributed by atoms with Gasteiger partial charge in [-0.3, -0.25) is 0 Å². The number of ether oxygens (including phenoxy) is 1. The minimum absolute atomic E-state index is 0.0427. The fourth-order valence-electron chi connectivity index (χ4n) is 2.90. The van der Waals surface area contributed by atoms with E-state index in [9.17, 15) is 8.42 Å². The average molecular weight is 480 g/mol. The van der Waals surface area contributed by atoms with Gasteiger partial charge in [-0.1, -0.05) is 45.2 Å². The Labute approximate surface area is 171 Å². The van der Waals surface area contributed by atoms with Gasteiger partial charge < -0.3 is 9.64 Å². The first-order valence-corrected chi connectivity index (χ1v) is 10.9. The largest absolute Gasteiger partial charge is 0.497 e. The van der Waals surface area contributed by atoms with Crippen LogP contribution in [0.3, 0.4) is 0 Å². The second kappa shape index (κ2) is 7.94. The molecule has 1 aliphatic heterocycles. The summed E-state index contributed by atoms with van der Waals surface area (Å²) in [6, 6.07) is 10.8. The van der Waals surface area contributed by atoms with Gasteiger partial charge in [-0.15, -0.1) is 0 Å². The van der Waals surface area contributed by atoms with Crippen molar-refractivity contribution >= 4 is 54.8 Å². The van der Waals surface area contributed by atoms with Crippen molar-refractivity contribution in [3.8, 4) is 5.75 Å². The fraction of sp³-hybridized carbons (Fsp3) is 0.294. The summed E-state index contributed by atoms with van der Waals surface area (Å²) in [6.45, 7) is 1.83. The van der Waals surface area contributed by atoms with Gasteiger partial charge in [0.15, 0.2) is 0 Å². The molecule has 0 unspecified atom stereocenters. The summed E-state index contributed by atoms with van der Waals surface area (Å²) in [7, 11) is -2.14. The van der Waals surface area contributed by atoms with E-state index in [0.717, 1.165) is 11.4 Å². The lowest BCUT2D eigenvalue weighted by atomic mass is 10.2. The summed E-state index contributed by atoms with van der Waals surface area (Å²) in [6.07, 6.45) is 0. The molecule has 1 aliphatic rings. The summed E-state index contributed by atoms with van der Waals surface area (Å²) < 4.78 is 33.3. The molecule has 0 saturated carbocycles.